The van der Waals surface area contributed by atoms with Gasteiger partial charge in [0.25, 0.3) is 0 Å². The van der Waals surface area contributed by atoms with Crippen molar-refractivity contribution >= 4 is 34.5 Å². The number of benzene rings is 3. The van der Waals surface area contributed by atoms with Crippen LogP contribution in [0, 0.1) is 15.4 Å². The zero-order valence-electron chi connectivity index (χ0n) is 23.1. The molecule has 1 saturated heterocycles. The van der Waals surface area contributed by atoms with Crippen LogP contribution in [0.5, 0.6) is 0 Å². The van der Waals surface area contributed by atoms with E-state index in [1.54, 1.807) is 0 Å². The number of aromatic nitrogens is 2. The summed E-state index contributed by atoms with van der Waals surface area (Å²) in [4.78, 5) is 35.6. The summed E-state index contributed by atoms with van der Waals surface area (Å²) >= 11 is 2.39. The second kappa shape index (κ2) is 12.4. The van der Waals surface area contributed by atoms with Crippen molar-refractivity contribution in [1.29, 1.82) is 0 Å². The molecule has 3 aromatic carbocycles. The summed E-state index contributed by atoms with van der Waals surface area (Å²) in [5.41, 5.74) is 6.67. The normalized spacial score (nSPS) is 15.8. The van der Waals surface area contributed by atoms with Crippen LogP contribution in [0.3, 0.4) is 0 Å². The van der Waals surface area contributed by atoms with E-state index < -0.39 is 5.92 Å². The van der Waals surface area contributed by atoms with Crippen molar-refractivity contribution in [2.24, 2.45) is 11.8 Å². The van der Waals surface area contributed by atoms with Gasteiger partial charge in [-0.05, 0) is 75.7 Å². The lowest BCUT2D eigenvalue weighted by Gasteiger charge is -2.29. The van der Waals surface area contributed by atoms with E-state index in [-0.39, 0.29) is 30.3 Å². The number of hydrogen-bond acceptors (Lipinski definition) is 4. The lowest BCUT2D eigenvalue weighted by molar-refractivity contribution is -0.148. The fourth-order valence-corrected chi connectivity index (χ4v) is 6.09. The maximum atomic E-state index is 13.5. The summed E-state index contributed by atoms with van der Waals surface area (Å²) < 4.78 is 6.03. The van der Waals surface area contributed by atoms with Gasteiger partial charge in [-0.1, -0.05) is 74.5 Å². The summed E-state index contributed by atoms with van der Waals surface area (Å²) in [5.74, 6) is 0.0545. The number of imidazole rings is 1. The molecule has 2 heterocycles. The first kappa shape index (κ1) is 28.1. The summed E-state index contributed by atoms with van der Waals surface area (Å²) in [7, 11) is 1.36. The molecule has 0 radical (unpaired) electrons. The maximum absolute atomic E-state index is 13.5. The highest BCUT2D eigenvalue weighted by molar-refractivity contribution is 14.1. The smallest absolute Gasteiger partial charge is 0.306 e. The average Bonchev–Trinajstić information content (AvgIpc) is 3.66. The summed E-state index contributed by atoms with van der Waals surface area (Å²) in [6.07, 6.45) is 3.70. The monoisotopic (exact) mass is 647 g/mol. The maximum Gasteiger partial charge on any atom is 0.306 e. The SMILES string of the molecule is COC(=O)C[C@H](C(=O)N1CCC[C@H]1c1ncc(-c2ccc(I)c(-c3ccc(-c4ccccc4)cc3)c2)[nH]1)C(C)C. The van der Waals surface area contributed by atoms with Gasteiger partial charge in [-0.25, -0.2) is 4.98 Å². The third-order valence-corrected chi connectivity index (χ3v) is 8.70. The molecule has 2 atom stereocenters. The Balaban J connectivity index is 1.37. The Morgan fingerprint density at radius 1 is 1.00 bits per heavy atom. The standard InChI is InChI=1S/C33H34IN3O3/c1-21(2)26(19-31(38)40-3)33(39)37-17-7-10-30(37)32-35-20-29(36-32)25-15-16-28(34)27(18-25)24-13-11-23(12-14-24)22-8-5-4-6-9-22/h4-6,8-9,11-16,18,20-21,26,30H,7,10,17,19H2,1-3H3,(H,35,36)/t26-,30-/m0/s1. The van der Waals surface area contributed by atoms with E-state index in [9.17, 15) is 9.59 Å². The number of carbonyl (C=O) groups excluding carboxylic acids is 2. The van der Waals surface area contributed by atoms with Crippen LogP contribution < -0.4 is 0 Å². The van der Waals surface area contributed by atoms with Crippen molar-refractivity contribution in [3.63, 3.8) is 0 Å². The predicted molar refractivity (Wildman–Crippen MR) is 166 cm³/mol. The van der Waals surface area contributed by atoms with E-state index in [1.165, 1.54) is 21.8 Å². The van der Waals surface area contributed by atoms with Crippen LogP contribution in [0.2, 0.25) is 0 Å². The zero-order valence-corrected chi connectivity index (χ0v) is 25.2. The second-order valence-electron chi connectivity index (χ2n) is 10.6. The highest BCUT2D eigenvalue weighted by Gasteiger charge is 2.37. The van der Waals surface area contributed by atoms with Gasteiger partial charge in [0.2, 0.25) is 5.91 Å². The second-order valence-corrected chi connectivity index (χ2v) is 11.8. The number of esters is 1. The van der Waals surface area contributed by atoms with E-state index in [1.807, 2.05) is 31.0 Å². The Bertz CT molecular complexity index is 1480. The van der Waals surface area contributed by atoms with E-state index in [4.69, 9.17) is 9.72 Å². The molecule has 4 aromatic rings. The van der Waals surface area contributed by atoms with Crippen molar-refractivity contribution in [3.05, 3.63) is 88.4 Å². The van der Waals surface area contributed by atoms with E-state index in [0.717, 1.165) is 41.1 Å². The van der Waals surface area contributed by atoms with Crippen LogP contribution in [0.15, 0.2) is 79.0 Å². The van der Waals surface area contributed by atoms with Gasteiger partial charge in [0, 0.05) is 15.7 Å². The molecule has 0 spiro atoms. The van der Waals surface area contributed by atoms with Crippen LogP contribution in [0.1, 0.15) is 45.0 Å². The molecule has 1 aliphatic rings. The van der Waals surface area contributed by atoms with E-state index in [0.29, 0.717) is 6.54 Å². The molecular formula is C33H34IN3O3. The Morgan fingerprint density at radius 2 is 1.68 bits per heavy atom. The first-order valence-corrected chi connectivity index (χ1v) is 14.8. The number of nitrogens with one attached hydrogen (secondary N) is 1. The number of likely N-dealkylation sites (tertiary alicyclic amines) is 1. The molecule has 7 heteroatoms. The summed E-state index contributed by atoms with van der Waals surface area (Å²) in [6, 6.07) is 25.3. The van der Waals surface area contributed by atoms with Crippen molar-refractivity contribution < 1.29 is 14.3 Å². The van der Waals surface area contributed by atoms with Crippen molar-refractivity contribution in [2.45, 2.75) is 39.2 Å². The molecule has 6 nitrogen and oxygen atoms in total. The first-order valence-electron chi connectivity index (χ1n) is 13.7. The van der Waals surface area contributed by atoms with E-state index >= 15 is 0 Å². The lowest BCUT2D eigenvalue weighted by atomic mass is 9.91. The van der Waals surface area contributed by atoms with Gasteiger partial charge in [-0.15, -0.1) is 0 Å². The third-order valence-electron chi connectivity index (χ3n) is 7.76. The minimum Gasteiger partial charge on any atom is -0.469 e. The Kier molecular flexibility index (Phi) is 8.69. The molecule has 1 amide bonds. The number of nitrogens with zero attached hydrogens (tertiary/aromatic N) is 2. The number of ether oxygens (including phenoxy) is 1. The number of rotatable bonds is 8. The number of hydrogen-bond donors (Lipinski definition) is 1. The van der Waals surface area contributed by atoms with Gasteiger partial charge in [0.05, 0.1) is 37.4 Å². The molecule has 40 heavy (non-hydrogen) atoms. The largest absolute Gasteiger partial charge is 0.469 e. The molecular weight excluding hydrogens is 613 g/mol. The van der Waals surface area contributed by atoms with Crippen LogP contribution in [-0.4, -0.2) is 40.4 Å². The number of methoxy groups -OCH3 is 1. The molecule has 1 N–H and O–H groups in total. The predicted octanol–water partition coefficient (Wildman–Crippen LogP) is 7.51. The molecule has 0 unspecified atom stereocenters. The molecule has 0 bridgehead atoms. The Morgan fingerprint density at radius 3 is 2.38 bits per heavy atom. The van der Waals surface area contributed by atoms with E-state index in [2.05, 4.69) is 94.3 Å². The molecule has 1 aromatic heterocycles. The highest BCUT2D eigenvalue weighted by atomic mass is 127. The summed E-state index contributed by atoms with van der Waals surface area (Å²) in [6.45, 7) is 4.62. The number of H-pyrrole nitrogens is 1. The van der Waals surface area contributed by atoms with Gasteiger partial charge in [0.15, 0.2) is 0 Å². The fourth-order valence-electron chi connectivity index (χ4n) is 5.44. The first-order chi connectivity index (χ1) is 19.4. The molecule has 0 aliphatic carbocycles. The minimum atomic E-state index is -0.408. The number of aromatic amines is 1. The molecule has 0 saturated carbocycles. The molecule has 1 aliphatic heterocycles. The quantitative estimate of drug-likeness (QED) is 0.159. The number of halogens is 1. The van der Waals surface area contributed by atoms with Crippen LogP contribution in [-0.2, 0) is 14.3 Å². The highest BCUT2D eigenvalue weighted by Crippen LogP contribution is 2.36. The molecule has 206 valence electrons. The van der Waals surface area contributed by atoms with Gasteiger partial charge in [-0.2, -0.15) is 0 Å². The topological polar surface area (TPSA) is 75.3 Å². The van der Waals surface area contributed by atoms with Gasteiger partial charge in [-0.3, -0.25) is 9.59 Å². The Hall–Kier alpha value is -3.46. The molecule has 1 fully saturated rings. The molecule has 5 rings (SSSR count). The van der Waals surface area contributed by atoms with Gasteiger partial charge in [0.1, 0.15) is 5.82 Å². The van der Waals surface area contributed by atoms with Gasteiger partial charge >= 0.3 is 5.97 Å². The van der Waals surface area contributed by atoms with Crippen LogP contribution >= 0.6 is 22.6 Å². The van der Waals surface area contributed by atoms with Crippen molar-refractivity contribution in [3.8, 4) is 33.5 Å². The third kappa shape index (κ3) is 5.99. The van der Waals surface area contributed by atoms with Crippen LogP contribution in [0.25, 0.3) is 33.5 Å². The minimum absolute atomic E-state index is 0.00338. The summed E-state index contributed by atoms with van der Waals surface area (Å²) in [5, 5.41) is 0. The lowest BCUT2D eigenvalue weighted by Crippen LogP contribution is -2.39. The number of amides is 1. The van der Waals surface area contributed by atoms with Crippen molar-refractivity contribution in [2.75, 3.05) is 13.7 Å². The average molecular weight is 648 g/mol. The Labute approximate surface area is 249 Å². The van der Waals surface area contributed by atoms with Gasteiger partial charge < -0.3 is 14.6 Å². The zero-order chi connectivity index (χ0) is 28.2. The number of carbonyl (C=O) groups is 2. The van der Waals surface area contributed by atoms with Crippen molar-refractivity contribution in [1.82, 2.24) is 14.9 Å². The van der Waals surface area contributed by atoms with Crippen LogP contribution in [0.4, 0.5) is 0 Å². The fraction of sp³-hybridized carbons (Fsp3) is 0.303.